The zero-order chi connectivity index (χ0) is 16.0. The van der Waals surface area contributed by atoms with Crippen LogP contribution in [-0.4, -0.2) is 20.9 Å². The summed E-state index contributed by atoms with van der Waals surface area (Å²) in [5.41, 5.74) is 0.992. The molecule has 0 aliphatic carbocycles. The first-order valence-corrected chi connectivity index (χ1v) is 6.98. The maximum absolute atomic E-state index is 13.6. The van der Waals surface area contributed by atoms with Gasteiger partial charge < -0.3 is 9.47 Å². The fourth-order valence-electron chi connectivity index (χ4n) is 2.67. The lowest BCUT2D eigenvalue weighted by atomic mass is 10.2. The molecule has 1 aromatic carbocycles. The van der Waals surface area contributed by atoms with Gasteiger partial charge in [-0.3, -0.25) is 4.57 Å². The van der Waals surface area contributed by atoms with Crippen LogP contribution in [0.1, 0.15) is 0 Å². The number of rotatable bonds is 3. The van der Waals surface area contributed by atoms with Crippen molar-refractivity contribution in [2.75, 3.05) is 6.79 Å². The Hall–Kier alpha value is -3.09. The standard InChI is InChI=1S/C16H12FN3O3/c1-2-7-19-11-4-6-14(17)18-15(11)20(16(19)21)10-3-5-12-13(8-10)23-9-22-12/h2-6,8H,1,7,9H2. The highest BCUT2D eigenvalue weighted by atomic mass is 19.1. The van der Waals surface area contributed by atoms with E-state index in [1.165, 1.54) is 21.3 Å². The first-order chi connectivity index (χ1) is 11.2. The molecule has 116 valence electrons. The lowest BCUT2D eigenvalue weighted by molar-refractivity contribution is 0.174. The van der Waals surface area contributed by atoms with E-state index in [9.17, 15) is 9.18 Å². The Kier molecular flexibility index (Phi) is 2.94. The second-order valence-corrected chi connectivity index (χ2v) is 5.03. The van der Waals surface area contributed by atoms with E-state index in [1.54, 1.807) is 24.3 Å². The smallest absolute Gasteiger partial charge is 0.335 e. The minimum atomic E-state index is -0.650. The van der Waals surface area contributed by atoms with E-state index in [-0.39, 0.29) is 18.1 Å². The van der Waals surface area contributed by atoms with Crippen molar-refractivity contribution in [1.29, 1.82) is 0 Å². The summed E-state index contributed by atoms with van der Waals surface area (Å²) >= 11 is 0. The van der Waals surface area contributed by atoms with Gasteiger partial charge >= 0.3 is 5.69 Å². The third-order valence-corrected chi connectivity index (χ3v) is 3.67. The second-order valence-electron chi connectivity index (χ2n) is 5.03. The summed E-state index contributed by atoms with van der Waals surface area (Å²) in [6, 6.07) is 7.85. The lowest BCUT2D eigenvalue weighted by Gasteiger charge is -2.04. The van der Waals surface area contributed by atoms with E-state index in [0.29, 0.717) is 29.2 Å². The monoisotopic (exact) mass is 313 g/mol. The lowest BCUT2D eigenvalue weighted by Crippen LogP contribution is -2.22. The van der Waals surface area contributed by atoms with Crippen molar-refractivity contribution in [3.05, 3.63) is 59.4 Å². The van der Waals surface area contributed by atoms with Crippen molar-refractivity contribution in [2.24, 2.45) is 0 Å². The molecular formula is C16H12FN3O3. The molecule has 0 N–H and O–H groups in total. The zero-order valence-electron chi connectivity index (χ0n) is 12.0. The van der Waals surface area contributed by atoms with Gasteiger partial charge in [0.25, 0.3) is 0 Å². The summed E-state index contributed by atoms with van der Waals surface area (Å²) < 4.78 is 27.0. The molecule has 0 unspecified atom stereocenters. The number of hydrogen-bond donors (Lipinski definition) is 0. The highest BCUT2D eigenvalue weighted by molar-refractivity contribution is 5.74. The molecule has 7 heteroatoms. The van der Waals surface area contributed by atoms with Crippen molar-refractivity contribution in [2.45, 2.75) is 6.54 Å². The van der Waals surface area contributed by atoms with Gasteiger partial charge in [-0.1, -0.05) is 6.08 Å². The second kappa shape index (κ2) is 4.98. The van der Waals surface area contributed by atoms with Gasteiger partial charge in [-0.05, 0) is 24.3 Å². The van der Waals surface area contributed by atoms with Crippen molar-refractivity contribution >= 4 is 11.2 Å². The Morgan fingerprint density at radius 1 is 1.26 bits per heavy atom. The minimum Gasteiger partial charge on any atom is -0.454 e. The van der Waals surface area contributed by atoms with Crippen LogP contribution in [0.4, 0.5) is 4.39 Å². The maximum atomic E-state index is 13.6. The number of hydrogen-bond acceptors (Lipinski definition) is 4. The molecule has 0 saturated heterocycles. The topological polar surface area (TPSA) is 58.3 Å². The van der Waals surface area contributed by atoms with E-state index in [2.05, 4.69) is 11.6 Å². The molecule has 4 rings (SSSR count). The van der Waals surface area contributed by atoms with Crippen molar-refractivity contribution < 1.29 is 13.9 Å². The maximum Gasteiger partial charge on any atom is 0.335 e. The third kappa shape index (κ3) is 2.01. The summed E-state index contributed by atoms with van der Waals surface area (Å²) in [5.74, 6) is 0.494. The van der Waals surface area contributed by atoms with E-state index >= 15 is 0 Å². The average molecular weight is 313 g/mol. The van der Waals surface area contributed by atoms with Crippen LogP contribution in [0.3, 0.4) is 0 Å². The van der Waals surface area contributed by atoms with Crippen LogP contribution in [0.15, 0.2) is 47.8 Å². The van der Waals surface area contributed by atoms with Gasteiger partial charge in [0, 0.05) is 12.6 Å². The van der Waals surface area contributed by atoms with Gasteiger partial charge in [-0.15, -0.1) is 6.58 Å². The van der Waals surface area contributed by atoms with Crippen molar-refractivity contribution in [1.82, 2.24) is 14.1 Å². The molecule has 3 heterocycles. The summed E-state index contributed by atoms with van der Waals surface area (Å²) in [6.07, 6.45) is 1.61. The number of halogens is 1. The van der Waals surface area contributed by atoms with Gasteiger partial charge in [0.05, 0.1) is 11.2 Å². The van der Waals surface area contributed by atoms with Crippen LogP contribution in [0.2, 0.25) is 0 Å². The van der Waals surface area contributed by atoms with E-state index in [0.717, 1.165) is 0 Å². The SMILES string of the molecule is C=CCn1c(=O)n(-c2ccc3c(c2)OCO3)c2nc(F)ccc21. The normalized spacial score (nSPS) is 12.7. The Balaban J connectivity index is 2.02. The number of imidazole rings is 1. The number of fused-ring (bicyclic) bond motifs is 2. The van der Waals surface area contributed by atoms with E-state index in [1.807, 2.05) is 0 Å². The molecule has 0 saturated carbocycles. The number of benzene rings is 1. The molecule has 0 bridgehead atoms. The van der Waals surface area contributed by atoms with Gasteiger partial charge in [0.2, 0.25) is 12.7 Å². The molecule has 23 heavy (non-hydrogen) atoms. The number of allylic oxidation sites excluding steroid dienone is 1. The molecule has 0 fully saturated rings. The Labute approximate surface area is 130 Å². The van der Waals surface area contributed by atoms with Gasteiger partial charge in [-0.25, -0.2) is 9.36 Å². The quantitative estimate of drug-likeness (QED) is 0.550. The number of pyridine rings is 1. The van der Waals surface area contributed by atoms with Gasteiger partial charge in [0.1, 0.15) is 0 Å². The van der Waals surface area contributed by atoms with Crippen LogP contribution < -0.4 is 15.2 Å². The molecule has 0 atom stereocenters. The van der Waals surface area contributed by atoms with Gasteiger partial charge in [-0.2, -0.15) is 9.37 Å². The van der Waals surface area contributed by atoms with Crippen LogP contribution in [-0.2, 0) is 6.54 Å². The van der Waals surface area contributed by atoms with Crippen LogP contribution in [0, 0.1) is 5.95 Å². The van der Waals surface area contributed by atoms with Crippen molar-refractivity contribution in [3.63, 3.8) is 0 Å². The molecular weight excluding hydrogens is 301 g/mol. The average Bonchev–Trinajstić information content (AvgIpc) is 3.10. The molecule has 0 spiro atoms. The summed E-state index contributed by atoms with van der Waals surface area (Å²) in [5, 5.41) is 0. The molecule has 6 nitrogen and oxygen atoms in total. The number of nitrogens with zero attached hydrogens (tertiary/aromatic N) is 3. The first kappa shape index (κ1) is 13.6. The van der Waals surface area contributed by atoms with Gasteiger partial charge in [0.15, 0.2) is 17.1 Å². The first-order valence-electron chi connectivity index (χ1n) is 6.98. The third-order valence-electron chi connectivity index (χ3n) is 3.67. The molecule has 2 aromatic heterocycles. The largest absolute Gasteiger partial charge is 0.454 e. The zero-order valence-corrected chi connectivity index (χ0v) is 12.0. The van der Waals surface area contributed by atoms with Crippen LogP contribution in [0.5, 0.6) is 11.5 Å². The predicted octanol–water partition coefficient (Wildman–Crippen LogP) is 2.24. The summed E-state index contributed by atoms with van der Waals surface area (Å²) in [6.45, 7) is 4.09. The van der Waals surface area contributed by atoms with E-state index in [4.69, 9.17) is 9.47 Å². The number of aromatic nitrogens is 3. The van der Waals surface area contributed by atoms with Crippen LogP contribution in [0.25, 0.3) is 16.9 Å². The minimum absolute atomic E-state index is 0.138. The molecule has 1 aliphatic heterocycles. The Morgan fingerprint density at radius 3 is 2.91 bits per heavy atom. The fraction of sp³-hybridized carbons (Fsp3) is 0.125. The molecule has 0 amide bonds. The fourth-order valence-corrected chi connectivity index (χ4v) is 2.67. The molecule has 3 aromatic rings. The highest BCUT2D eigenvalue weighted by Gasteiger charge is 2.19. The number of ether oxygens (including phenoxy) is 2. The predicted molar refractivity (Wildman–Crippen MR) is 81.6 cm³/mol. The molecule has 0 radical (unpaired) electrons. The van der Waals surface area contributed by atoms with Crippen molar-refractivity contribution in [3.8, 4) is 17.2 Å². The van der Waals surface area contributed by atoms with Crippen LogP contribution >= 0.6 is 0 Å². The summed E-state index contributed by atoms with van der Waals surface area (Å²) in [7, 11) is 0. The Bertz CT molecular complexity index is 990. The summed E-state index contributed by atoms with van der Waals surface area (Å²) in [4.78, 5) is 16.6. The molecule has 1 aliphatic rings. The highest BCUT2D eigenvalue weighted by Crippen LogP contribution is 2.33. The Morgan fingerprint density at radius 2 is 2.09 bits per heavy atom. The van der Waals surface area contributed by atoms with E-state index < -0.39 is 5.95 Å².